The Balaban J connectivity index is 4.88. The molecule has 6 N–H and O–H groups in total. The van der Waals surface area contributed by atoms with Crippen molar-refractivity contribution in [2.75, 3.05) is 19.8 Å². The molecule has 0 saturated heterocycles. The summed E-state index contributed by atoms with van der Waals surface area (Å²) in [7, 11) is 0. The van der Waals surface area contributed by atoms with Crippen molar-refractivity contribution >= 4 is 11.8 Å². The number of hydrogen-bond acceptors (Lipinski definition) is 8. The van der Waals surface area contributed by atoms with Crippen molar-refractivity contribution in [2.45, 2.75) is 56.9 Å². The van der Waals surface area contributed by atoms with Crippen LogP contribution in [0.2, 0.25) is 0 Å². The summed E-state index contributed by atoms with van der Waals surface area (Å²) in [5.74, 6) is -0.889. The van der Waals surface area contributed by atoms with Gasteiger partial charge in [-0.05, 0) is 38.5 Å². The maximum Gasteiger partial charge on any atom is 0.220 e. The second-order valence-electron chi connectivity index (χ2n) is 5.61. The van der Waals surface area contributed by atoms with Crippen LogP contribution in [-0.4, -0.2) is 52.9 Å². The third-order valence-electron chi connectivity index (χ3n) is 3.68. The van der Waals surface area contributed by atoms with Gasteiger partial charge in [-0.1, -0.05) is 0 Å². The van der Waals surface area contributed by atoms with Crippen LogP contribution in [0.3, 0.4) is 0 Å². The molecule has 10 nitrogen and oxygen atoms in total. The molecule has 0 aromatic heterocycles. The van der Waals surface area contributed by atoms with Crippen molar-refractivity contribution in [2.24, 2.45) is 5.73 Å². The number of hydrogen-bond donors (Lipinski definition) is 5. The maximum atomic E-state index is 12.1. The number of nitrogens with one attached hydrogen (secondary N) is 1. The van der Waals surface area contributed by atoms with E-state index in [2.05, 4.69) is 20.0 Å². The van der Waals surface area contributed by atoms with Crippen LogP contribution in [0, 0.1) is 0 Å². The van der Waals surface area contributed by atoms with Gasteiger partial charge in [-0.3, -0.25) is 25.4 Å². The van der Waals surface area contributed by atoms with Crippen LogP contribution in [0.15, 0.2) is 0 Å². The zero-order chi connectivity index (χ0) is 18.3. The minimum Gasteiger partial charge on any atom is -0.370 e. The average Bonchev–Trinajstić information content (AvgIpc) is 2.54. The summed E-state index contributed by atoms with van der Waals surface area (Å²) in [6.45, 7) is 0.309. The molecule has 0 aliphatic carbocycles. The topological polar surface area (TPSA) is 161 Å². The number of amides is 2. The van der Waals surface area contributed by atoms with E-state index in [0.29, 0.717) is 38.5 Å². The molecule has 0 heterocycles. The summed E-state index contributed by atoms with van der Waals surface area (Å²) in [4.78, 5) is 35.1. The van der Waals surface area contributed by atoms with Crippen LogP contribution in [0.1, 0.15) is 51.4 Å². The SMILES string of the molecule is NC(=O)CCC(=O)NC(CCCOO)(CCCOO)CCCOO. The van der Waals surface area contributed by atoms with Gasteiger partial charge in [0.2, 0.25) is 11.8 Å². The second-order valence-corrected chi connectivity index (χ2v) is 5.61. The third-order valence-corrected chi connectivity index (χ3v) is 3.68. The lowest BCUT2D eigenvalue weighted by molar-refractivity contribution is -0.246. The summed E-state index contributed by atoms with van der Waals surface area (Å²) in [5.41, 5.74) is 4.38. The monoisotopic (exact) mass is 352 g/mol. The van der Waals surface area contributed by atoms with Gasteiger partial charge in [0, 0.05) is 18.4 Å². The van der Waals surface area contributed by atoms with Gasteiger partial charge in [0.15, 0.2) is 0 Å². The van der Waals surface area contributed by atoms with E-state index in [1.54, 1.807) is 0 Å². The normalized spacial score (nSPS) is 11.5. The standard InChI is InChI=1S/C14H28N2O8/c15-12(17)4-5-13(18)16-14(6-1-9-22-19,7-2-10-23-20)8-3-11-24-21/h19-21H,1-11H2,(H2,15,17)(H,16,18). The fourth-order valence-electron chi connectivity index (χ4n) is 2.58. The van der Waals surface area contributed by atoms with E-state index in [1.807, 2.05) is 0 Å². The molecule has 0 spiro atoms. The summed E-state index contributed by atoms with van der Waals surface area (Å²) < 4.78 is 0. The molecule has 0 fully saturated rings. The quantitative estimate of drug-likeness (QED) is 0.156. The number of nitrogens with two attached hydrogens (primary N) is 1. The van der Waals surface area contributed by atoms with E-state index in [-0.39, 0.29) is 38.6 Å². The van der Waals surface area contributed by atoms with Crippen LogP contribution >= 0.6 is 0 Å². The van der Waals surface area contributed by atoms with Crippen molar-refractivity contribution in [1.29, 1.82) is 0 Å². The lowest BCUT2D eigenvalue weighted by atomic mass is 9.83. The number of primary amides is 1. The van der Waals surface area contributed by atoms with Crippen molar-refractivity contribution in [3.8, 4) is 0 Å². The molecule has 0 bridgehead atoms. The average molecular weight is 352 g/mol. The molecule has 10 heteroatoms. The molecule has 0 saturated carbocycles. The Morgan fingerprint density at radius 1 is 0.833 bits per heavy atom. The first-order chi connectivity index (χ1) is 11.5. The van der Waals surface area contributed by atoms with Gasteiger partial charge in [0.1, 0.15) is 0 Å². The van der Waals surface area contributed by atoms with E-state index in [4.69, 9.17) is 21.5 Å². The van der Waals surface area contributed by atoms with Gasteiger partial charge in [0.25, 0.3) is 0 Å². The van der Waals surface area contributed by atoms with Gasteiger partial charge in [-0.15, -0.1) is 0 Å². The second kappa shape index (κ2) is 14.1. The smallest absolute Gasteiger partial charge is 0.220 e. The number of carbonyl (C=O) groups excluding carboxylic acids is 2. The third kappa shape index (κ3) is 11.3. The van der Waals surface area contributed by atoms with Gasteiger partial charge in [0.05, 0.1) is 19.8 Å². The largest absolute Gasteiger partial charge is 0.370 e. The fraction of sp³-hybridized carbons (Fsp3) is 0.857. The van der Waals surface area contributed by atoms with Gasteiger partial charge in [-0.25, -0.2) is 14.7 Å². The first-order valence-electron chi connectivity index (χ1n) is 7.88. The maximum absolute atomic E-state index is 12.1. The lowest BCUT2D eigenvalue weighted by Crippen LogP contribution is -2.49. The highest BCUT2D eigenvalue weighted by Crippen LogP contribution is 2.26. The van der Waals surface area contributed by atoms with E-state index in [1.165, 1.54) is 0 Å². The molecule has 0 atom stereocenters. The summed E-state index contributed by atoms with van der Waals surface area (Å²) in [6.07, 6.45) is 2.83. The molecule has 142 valence electrons. The summed E-state index contributed by atoms with van der Waals surface area (Å²) in [6, 6.07) is 0. The Labute approximate surface area is 140 Å². The highest BCUT2D eigenvalue weighted by Gasteiger charge is 2.30. The molecular formula is C14H28N2O8. The Bertz CT molecular complexity index is 327. The van der Waals surface area contributed by atoms with Crippen LogP contribution < -0.4 is 11.1 Å². The molecule has 0 unspecified atom stereocenters. The molecule has 0 aromatic carbocycles. The van der Waals surface area contributed by atoms with Gasteiger partial charge in [-0.2, -0.15) is 0 Å². The predicted molar refractivity (Wildman–Crippen MR) is 82.7 cm³/mol. The highest BCUT2D eigenvalue weighted by atomic mass is 17.1. The molecule has 2 amide bonds. The fourth-order valence-corrected chi connectivity index (χ4v) is 2.58. The predicted octanol–water partition coefficient (Wildman–Crippen LogP) is 0.916. The van der Waals surface area contributed by atoms with Crippen molar-refractivity contribution < 1.29 is 40.0 Å². The first-order valence-corrected chi connectivity index (χ1v) is 7.88. The van der Waals surface area contributed by atoms with E-state index in [9.17, 15) is 9.59 Å². The van der Waals surface area contributed by atoms with Gasteiger partial charge >= 0.3 is 0 Å². The highest BCUT2D eigenvalue weighted by molar-refractivity contribution is 5.83. The van der Waals surface area contributed by atoms with Gasteiger partial charge < -0.3 is 11.1 Å². The zero-order valence-corrected chi connectivity index (χ0v) is 13.7. The minimum atomic E-state index is -0.662. The zero-order valence-electron chi connectivity index (χ0n) is 13.7. The lowest BCUT2D eigenvalue weighted by Gasteiger charge is -2.35. The Morgan fingerprint density at radius 3 is 1.58 bits per heavy atom. The van der Waals surface area contributed by atoms with Crippen molar-refractivity contribution in [3.05, 3.63) is 0 Å². The van der Waals surface area contributed by atoms with E-state index < -0.39 is 11.4 Å². The molecule has 0 rings (SSSR count). The molecule has 0 aliphatic rings. The van der Waals surface area contributed by atoms with Crippen LogP contribution in [-0.2, 0) is 24.3 Å². The first kappa shape index (κ1) is 22.7. The van der Waals surface area contributed by atoms with Crippen LogP contribution in [0.5, 0.6) is 0 Å². The Kier molecular flexibility index (Phi) is 13.3. The Morgan fingerprint density at radius 2 is 1.25 bits per heavy atom. The van der Waals surface area contributed by atoms with Crippen molar-refractivity contribution in [1.82, 2.24) is 5.32 Å². The molecule has 0 aromatic rings. The van der Waals surface area contributed by atoms with E-state index >= 15 is 0 Å². The summed E-state index contributed by atoms with van der Waals surface area (Å²) in [5, 5.41) is 28.3. The van der Waals surface area contributed by atoms with Crippen LogP contribution in [0.4, 0.5) is 0 Å². The number of rotatable bonds is 16. The molecule has 24 heavy (non-hydrogen) atoms. The van der Waals surface area contributed by atoms with Crippen molar-refractivity contribution in [3.63, 3.8) is 0 Å². The summed E-state index contributed by atoms with van der Waals surface area (Å²) >= 11 is 0. The molecule has 0 radical (unpaired) electrons. The van der Waals surface area contributed by atoms with Crippen LogP contribution in [0.25, 0.3) is 0 Å². The minimum absolute atomic E-state index is 0.0272. The Hall–Kier alpha value is -1.30. The van der Waals surface area contributed by atoms with E-state index in [0.717, 1.165) is 0 Å². The molecule has 0 aliphatic heterocycles. The molecular weight excluding hydrogens is 324 g/mol. The number of carbonyl (C=O) groups is 2.